The van der Waals surface area contributed by atoms with Crippen LogP contribution in [0.5, 0.6) is 0 Å². The molecule has 6 heteroatoms. The summed E-state index contributed by atoms with van der Waals surface area (Å²) in [5, 5.41) is 13.3. The normalized spacial score (nSPS) is 29.7. The van der Waals surface area contributed by atoms with Gasteiger partial charge in [-0.1, -0.05) is 17.3 Å². The van der Waals surface area contributed by atoms with Crippen LogP contribution in [0.25, 0.3) is 0 Å². The zero-order valence-electron chi connectivity index (χ0n) is 11.2. The van der Waals surface area contributed by atoms with Gasteiger partial charge in [-0.15, -0.1) is 0 Å². The lowest BCUT2D eigenvalue weighted by molar-refractivity contribution is -0.142. The Morgan fingerprint density at radius 1 is 1.40 bits per heavy atom. The van der Waals surface area contributed by atoms with Crippen molar-refractivity contribution in [2.45, 2.75) is 31.6 Å². The summed E-state index contributed by atoms with van der Waals surface area (Å²) in [4.78, 5) is 15.7. The highest BCUT2D eigenvalue weighted by atomic mass is 16.5. The van der Waals surface area contributed by atoms with Gasteiger partial charge in [-0.2, -0.15) is 4.98 Å². The van der Waals surface area contributed by atoms with Gasteiger partial charge in [-0.05, 0) is 25.2 Å². The lowest BCUT2D eigenvalue weighted by Gasteiger charge is -2.21. The Morgan fingerprint density at radius 3 is 3.00 bits per heavy atom. The van der Waals surface area contributed by atoms with Crippen LogP contribution in [0.4, 0.5) is 0 Å². The van der Waals surface area contributed by atoms with Crippen molar-refractivity contribution in [2.75, 3.05) is 13.2 Å². The van der Waals surface area contributed by atoms with Gasteiger partial charge < -0.3 is 14.4 Å². The first-order valence-corrected chi connectivity index (χ1v) is 7.02. The summed E-state index contributed by atoms with van der Waals surface area (Å²) in [6, 6.07) is 0. The van der Waals surface area contributed by atoms with Crippen LogP contribution in [-0.4, -0.2) is 34.4 Å². The summed E-state index contributed by atoms with van der Waals surface area (Å²) >= 11 is 0. The SMILES string of the molecule is O=C(O)C1CC=CCC1c1nc(CC2CCOC2)no1. The van der Waals surface area contributed by atoms with E-state index >= 15 is 0 Å². The molecule has 108 valence electrons. The first kappa shape index (κ1) is 13.3. The largest absolute Gasteiger partial charge is 0.481 e. The van der Waals surface area contributed by atoms with E-state index in [1.807, 2.05) is 12.2 Å². The van der Waals surface area contributed by atoms with Crippen LogP contribution in [0.1, 0.15) is 36.9 Å². The number of nitrogens with zero attached hydrogens (tertiary/aromatic N) is 2. The van der Waals surface area contributed by atoms with E-state index in [1.165, 1.54) is 0 Å². The number of allylic oxidation sites excluding steroid dienone is 2. The van der Waals surface area contributed by atoms with Gasteiger partial charge in [0.1, 0.15) is 0 Å². The molecule has 2 heterocycles. The van der Waals surface area contributed by atoms with Crippen LogP contribution in [0.15, 0.2) is 16.7 Å². The first-order valence-electron chi connectivity index (χ1n) is 7.02. The fraction of sp³-hybridized carbons (Fsp3) is 0.643. The first-order chi connectivity index (χ1) is 9.74. The zero-order valence-corrected chi connectivity index (χ0v) is 11.2. The zero-order chi connectivity index (χ0) is 13.9. The van der Waals surface area contributed by atoms with Crippen molar-refractivity contribution in [3.8, 4) is 0 Å². The minimum atomic E-state index is -0.803. The average Bonchev–Trinajstić information content (AvgIpc) is 3.11. The predicted octanol–water partition coefficient (Wildman–Crippen LogP) is 1.78. The molecule has 3 rings (SSSR count). The molecular weight excluding hydrogens is 260 g/mol. The third-order valence-corrected chi connectivity index (χ3v) is 4.05. The molecular formula is C14H18N2O4. The molecule has 20 heavy (non-hydrogen) atoms. The topological polar surface area (TPSA) is 85.5 Å². The quantitative estimate of drug-likeness (QED) is 0.845. The van der Waals surface area contributed by atoms with Crippen molar-refractivity contribution in [2.24, 2.45) is 11.8 Å². The molecule has 0 aromatic carbocycles. The van der Waals surface area contributed by atoms with Gasteiger partial charge in [0.05, 0.1) is 11.8 Å². The lowest BCUT2D eigenvalue weighted by atomic mass is 9.83. The maximum atomic E-state index is 11.3. The maximum absolute atomic E-state index is 11.3. The van der Waals surface area contributed by atoms with Gasteiger partial charge in [0, 0.05) is 19.6 Å². The van der Waals surface area contributed by atoms with E-state index in [0.717, 1.165) is 26.1 Å². The molecule has 1 aliphatic carbocycles. The van der Waals surface area contributed by atoms with E-state index in [2.05, 4.69) is 10.1 Å². The number of aromatic nitrogens is 2. The Hall–Kier alpha value is -1.69. The van der Waals surface area contributed by atoms with E-state index in [0.29, 0.717) is 30.5 Å². The van der Waals surface area contributed by atoms with Crippen molar-refractivity contribution in [3.05, 3.63) is 23.9 Å². The minimum absolute atomic E-state index is 0.210. The van der Waals surface area contributed by atoms with Crippen molar-refractivity contribution >= 4 is 5.97 Å². The Labute approximate surface area is 116 Å². The number of carbonyl (C=O) groups is 1. The number of carboxylic acids is 1. The molecule has 1 aliphatic heterocycles. The molecule has 2 aliphatic rings. The summed E-state index contributed by atoms with van der Waals surface area (Å²) < 4.78 is 10.6. The molecule has 0 radical (unpaired) electrons. The van der Waals surface area contributed by atoms with E-state index in [9.17, 15) is 9.90 Å². The van der Waals surface area contributed by atoms with Gasteiger partial charge in [-0.25, -0.2) is 0 Å². The van der Waals surface area contributed by atoms with Crippen LogP contribution in [0, 0.1) is 11.8 Å². The Balaban J connectivity index is 1.71. The lowest BCUT2D eigenvalue weighted by Crippen LogP contribution is -2.23. The molecule has 1 aromatic heterocycles. The Bertz CT molecular complexity index is 505. The molecule has 6 nitrogen and oxygen atoms in total. The molecule has 0 saturated carbocycles. The second-order valence-electron chi connectivity index (χ2n) is 5.48. The Morgan fingerprint density at radius 2 is 2.25 bits per heavy atom. The summed E-state index contributed by atoms with van der Waals surface area (Å²) in [7, 11) is 0. The second-order valence-corrected chi connectivity index (χ2v) is 5.48. The monoisotopic (exact) mass is 278 g/mol. The number of aliphatic carboxylic acids is 1. The van der Waals surface area contributed by atoms with E-state index in [-0.39, 0.29) is 5.92 Å². The molecule has 0 bridgehead atoms. The summed E-state index contributed by atoms with van der Waals surface area (Å²) in [6.07, 6.45) is 6.82. The molecule has 1 fully saturated rings. The summed E-state index contributed by atoms with van der Waals surface area (Å²) in [5.41, 5.74) is 0. The molecule has 0 amide bonds. The van der Waals surface area contributed by atoms with Crippen molar-refractivity contribution in [1.82, 2.24) is 10.1 Å². The highest BCUT2D eigenvalue weighted by Crippen LogP contribution is 2.34. The van der Waals surface area contributed by atoms with Gasteiger partial charge in [0.25, 0.3) is 0 Å². The van der Waals surface area contributed by atoms with E-state index in [4.69, 9.17) is 9.26 Å². The van der Waals surface area contributed by atoms with Gasteiger partial charge in [-0.3, -0.25) is 4.79 Å². The fourth-order valence-electron chi connectivity index (χ4n) is 2.86. The molecule has 3 atom stereocenters. The van der Waals surface area contributed by atoms with Crippen molar-refractivity contribution in [1.29, 1.82) is 0 Å². The fourth-order valence-corrected chi connectivity index (χ4v) is 2.86. The third-order valence-electron chi connectivity index (χ3n) is 4.05. The number of carboxylic acid groups (broad SMARTS) is 1. The number of hydrogen-bond acceptors (Lipinski definition) is 5. The minimum Gasteiger partial charge on any atom is -0.481 e. The van der Waals surface area contributed by atoms with Crippen LogP contribution in [0.3, 0.4) is 0 Å². The molecule has 1 N–H and O–H groups in total. The van der Waals surface area contributed by atoms with Gasteiger partial charge in [0.2, 0.25) is 5.89 Å². The number of hydrogen-bond donors (Lipinski definition) is 1. The Kier molecular flexibility index (Phi) is 3.82. The highest BCUT2D eigenvalue weighted by Gasteiger charge is 2.34. The van der Waals surface area contributed by atoms with Crippen molar-refractivity contribution < 1.29 is 19.2 Å². The highest BCUT2D eigenvalue weighted by molar-refractivity contribution is 5.71. The molecule has 1 aromatic rings. The predicted molar refractivity (Wildman–Crippen MR) is 69.2 cm³/mol. The standard InChI is InChI=1S/C14H18N2O4/c17-14(18)11-4-2-1-3-10(11)13-15-12(16-20-13)7-9-5-6-19-8-9/h1-2,9-11H,3-8H2,(H,17,18). The van der Waals surface area contributed by atoms with E-state index in [1.54, 1.807) is 0 Å². The molecule has 0 spiro atoms. The smallest absolute Gasteiger partial charge is 0.307 e. The second kappa shape index (κ2) is 5.75. The summed E-state index contributed by atoms with van der Waals surface area (Å²) in [5.74, 6) is 0.0804. The number of rotatable bonds is 4. The van der Waals surface area contributed by atoms with Gasteiger partial charge >= 0.3 is 5.97 Å². The van der Waals surface area contributed by atoms with E-state index < -0.39 is 11.9 Å². The van der Waals surface area contributed by atoms with Crippen molar-refractivity contribution in [3.63, 3.8) is 0 Å². The van der Waals surface area contributed by atoms with Crippen LogP contribution in [-0.2, 0) is 16.0 Å². The maximum Gasteiger partial charge on any atom is 0.307 e. The van der Waals surface area contributed by atoms with Gasteiger partial charge in [0.15, 0.2) is 5.82 Å². The van der Waals surface area contributed by atoms with Crippen LogP contribution >= 0.6 is 0 Å². The van der Waals surface area contributed by atoms with Crippen LogP contribution in [0.2, 0.25) is 0 Å². The molecule has 3 unspecified atom stereocenters. The number of ether oxygens (including phenoxy) is 1. The third kappa shape index (κ3) is 2.75. The molecule has 1 saturated heterocycles. The summed E-state index contributed by atoms with van der Waals surface area (Å²) in [6.45, 7) is 1.54. The van der Waals surface area contributed by atoms with Crippen LogP contribution < -0.4 is 0 Å². The average molecular weight is 278 g/mol.